The molecule has 0 amide bonds. The summed E-state index contributed by atoms with van der Waals surface area (Å²) < 4.78 is 10.3. The average molecular weight is 297 g/mol. The Morgan fingerprint density at radius 1 is 1.35 bits per heavy atom. The normalized spacial score (nSPS) is 17.9. The number of cyclic esters (lactones) is 1. The van der Waals surface area contributed by atoms with E-state index in [9.17, 15) is 9.59 Å². The van der Waals surface area contributed by atoms with Gasteiger partial charge in [-0.1, -0.05) is 11.6 Å². The van der Waals surface area contributed by atoms with Gasteiger partial charge in [-0.25, -0.2) is 0 Å². The lowest BCUT2D eigenvalue weighted by molar-refractivity contribution is -0.142. The van der Waals surface area contributed by atoms with Gasteiger partial charge in [0.25, 0.3) is 0 Å². The Balaban J connectivity index is 1.62. The smallest absolute Gasteiger partial charge is 0.309 e. The van der Waals surface area contributed by atoms with Gasteiger partial charge in [0.2, 0.25) is 0 Å². The third-order valence-electron chi connectivity index (χ3n) is 3.20. The van der Waals surface area contributed by atoms with E-state index >= 15 is 0 Å². The largest absolute Gasteiger partial charge is 0.494 e. The molecule has 2 rings (SSSR count). The van der Waals surface area contributed by atoms with Crippen molar-refractivity contribution >= 4 is 23.4 Å². The molecule has 1 atom stereocenters. The fraction of sp³-hybridized carbons (Fsp3) is 0.467. The van der Waals surface area contributed by atoms with Crippen molar-refractivity contribution in [2.75, 3.05) is 13.2 Å². The van der Waals surface area contributed by atoms with Crippen molar-refractivity contribution in [3.05, 3.63) is 29.3 Å². The predicted molar refractivity (Wildman–Crippen MR) is 74.9 cm³/mol. The van der Waals surface area contributed by atoms with Crippen molar-refractivity contribution in [1.82, 2.24) is 0 Å². The zero-order valence-corrected chi connectivity index (χ0v) is 11.9. The van der Waals surface area contributed by atoms with Gasteiger partial charge in [-0.3, -0.25) is 9.59 Å². The summed E-state index contributed by atoms with van der Waals surface area (Å²) in [5.41, 5.74) is 0. The summed E-state index contributed by atoms with van der Waals surface area (Å²) >= 11 is 5.77. The first-order valence-corrected chi connectivity index (χ1v) is 7.09. The zero-order valence-electron chi connectivity index (χ0n) is 11.1. The van der Waals surface area contributed by atoms with Crippen LogP contribution in [-0.4, -0.2) is 25.0 Å². The molecule has 1 aromatic rings. The van der Waals surface area contributed by atoms with Gasteiger partial charge in [0.15, 0.2) is 0 Å². The number of halogens is 1. The number of esters is 1. The highest BCUT2D eigenvalue weighted by Gasteiger charge is 2.28. The molecule has 108 valence electrons. The van der Waals surface area contributed by atoms with Crippen molar-refractivity contribution in [3.8, 4) is 5.75 Å². The van der Waals surface area contributed by atoms with Crippen LogP contribution in [-0.2, 0) is 14.3 Å². The summed E-state index contributed by atoms with van der Waals surface area (Å²) in [5.74, 6) is 0.352. The molecule has 1 aromatic carbocycles. The Bertz CT molecular complexity index is 469. The highest BCUT2D eigenvalue weighted by molar-refractivity contribution is 6.30. The van der Waals surface area contributed by atoms with E-state index in [1.54, 1.807) is 24.3 Å². The van der Waals surface area contributed by atoms with Gasteiger partial charge < -0.3 is 9.47 Å². The first-order valence-electron chi connectivity index (χ1n) is 6.72. The van der Waals surface area contributed by atoms with Crippen LogP contribution >= 0.6 is 11.6 Å². The number of hydrogen-bond acceptors (Lipinski definition) is 4. The van der Waals surface area contributed by atoms with Crippen molar-refractivity contribution in [1.29, 1.82) is 0 Å². The van der Waals surface area contributed by atoms with Gasteiger partial charge in [-0.15, -0.1) is 0 Å². The van der Waals surface area contributed by atoms with Gasteiger partial charge >= 0.3 is 5.97 Å². The molecule has 4 nitrogen and oxygen atoms in total. The number of benzene rings is 1. The van der Waals surface area contributed by atoms with E-state index in [-0.39, 0.29) is 17.7 Å². The second-order valence-corrected chi connectivity index (χ2v) is 5.24. The van der Waals surface area contributed by atoms with E-state index in [0.29, 0.717) is 43.9 Å². The van der Waals surface area contributed by atoms with E-state index in [2.05, 4.69) is 0 Å². The second kappa shape index (κ2) is 7.29. The van der Waals surface area contributed by atoms with Crippen LogP contribution in [0.4, 0.5) is 0 Å². The first kappa shape index (κ1) is 14.9. The number of rotatable bonds is 7. The van der Waals surface area contributed by atoms with Crippen LogP contribution in [0.25, 0.3) is 0 Å². The Morgan fingerprint density at radius 2 is 2.10 bits per heavy atom. The molecule has 0 saturated carbocycles. The number of ether oxygens (including phenoxy) is 2. The summed E-state index contributed by atoms with van der Waals surface area (Å²) in [6.07, 6.45) is 2.02. The molecule has 0 bridgehead atoms. The molecule has 1 heterocycles. The molecule has 1 aliphatic rings. The fourth-order valence-electron chi connectivity index (χ4n) is 2.09. The highest BCUT2D eigenvalue weighted by Crippen LogP contribution is 2.19. The Morgan fingerprint density at radius 3 is 2.75 bits per heavy atom. The minimum atomic E-state index is -0.240. The van der Waals surface area contributed by atoms with Crippen molar-refractivity contribution in [2.24, 2.45) is 5.92 Å². The molecular formula is C15H17ClO4. The topological polar surface area (TPSA) is 52.6 Å². The molecule has 0 aromatic heterocycles. The molecule has 0 aliphatic carbocycles. The Kier molecular flexibility index (Phi) is 5.41. The third-order valence-corrected chi connectivity index (χ3v) is 3.45. The molecular weight excluding hydrogens is 280 g/mol. The second-order valence-electron chi connectivity index (χ2n) is 4.80. The molecule has 5 heteroatoms. The van der Waals surface area contributed by atoms with Crippen LogP contribution in [0.2, 0.25) is 5.02 Å². The van der Waals surface area contributed by atoms with Crippen LogP contribution in [0, 0.1) is 5.92 Å². The van der Waals surface area contributed by atoms with Crippen LogP contribution in [0.1, 0.15) is 25.7 Å². The van der Waals surface area contributed by atoms with E-state index < -0.39 is 0 Å². The maximum absolute atomic E-state index is 11.7. The van der Waals surface area contributed by atoms with Gasteiger partial charge in [-0.2, -0.15) is 0 Å². The SMILES string of the molecule is O=C(CCCOc1ccc(Cl)cc1)CC1CCOC1=O. The van der Waals surface area contributed by atoms with Crippen LogP contribution < -0.4 is 4.74 Å². The molecule has 20 heavy (non-hydrogen) atoms. The molecule has 1 unspecified atom stereocenters. The number of carbonyl (C=O) groups excluding carboxylic acids is 2. The maximum Gasteiger partial charge on any atom is 0.309 e. The Hall–Kier alpha value is -1.55. The Labute approximate surface area is 123 Å². The lowest BCUT2D eigenvalue weighted by Crippen LogP contribution is -2.13. The van der Waals surface area contributed by atoms with Crippen molar-refractivity contribution in [2.45, 2.75) is 25.7 Å². The lowest BCUT2D eigenvalue weighted by atomic mass is 9.99. The maximum atomic E-state index is 11.7. The number of hydrogen-bond donors (Lipinski definition) is 0. The summed E-state index contributed by atoms with van der Waals surface area (Å²) in [6.45, 7) is 0.916. The standard InChI is InChI=1S/C15H17ClO4/c16-12-3-5-14(6-4-12)19-8-1-2-13(17)10-11-7-9-20-15(11)18/h3-6,11H,1-2,7-10H2. The number of Topliss-reactive ketones (excluding diaryl/α,β-unsaturated/α-hetero) is 1. The number of ketones is 1. The first-order chi connectivity index (χ1) is 9.65. The van der Waals surface area contributed by atoms with E-state index in [1.165, 1.54) is 0 Å². The quantitative estimate of drug-likeness (QED) is 0.573. The molecule has 0 N–H and O–H groups in total. The van der Waals surface area contributed by atoms with Gasteiger partial charge in [0.05, 0.1) is 19.1 Å². The van der Waals surface area contributed by atoms with Crippen LogP contribution in [0.3, 0.4) is 0 Å². The summed E-state index contributed by atoms with van der Waals surface area (Å²) in [6, 6.07) is 7.10. The third kappa shape index (κ3) is 4.53. The zero-order chi connectivity index (χ0) is 14.4. The van der Waals surface area contributed by atoms with Crippen molar-refractivity contribution < 1.29 is 19.1 Å². The minimum absolute atomic E-state index is 0.0913. The summed E-state index contributed by atoms with van der Waals surface area (Å²) in [5, 5.41) is 0.663. The van der Waals surface area contributed by atoms with Crippen LogP contribution in [0.15, 0.2) is 24.3 Å². The molecule has 0 radical (unpaired) electrons. The highest BCUT2D eigenvalue weighted by atomic mass is 35.5. The molecule has 1 aliphatic heterocycles. The van der Waals surface area contributed by atoms with E-state index in [1.807, 2.05) is 0 Å². The van der Waals surface area contributed by atoms with Gasteiger partial charge in [0, 0.05) is 17.9 Å². The summed E-state index contributed by atoms with van der Waals surface area (Å²) in [7, 11) is 0. The van der Waals surface area contributed by atoms with Crippen LogP contribution in [0.5, 0.6) is 5.75 Å². The molecule has 1 fully saturated rings. The van der Waals surface area contributed by atoms with Gasteiger partial charge in [0.1, 0.15) is 11.5 Å². The van der Waals surface area contributed by atoms with Gasteiger partial charge in [-0.05, 0) is 37.1 Å². The fourth-order valence-corrected chi connectivity index (χ4v) is 2.22. The van der Waals surface area contributed by atoms with E-state index in [4.69, 9.17) is 21.1 Å². The lowest BCUT2D eigenvalue weighted by Gasteiger charge is -2.07. The average Bonchev–Trinajstić information content (AvgIpc) is 2.82. The van der Waals surface area contributed by atoms with Crippen molar-refractivity contribution in [3.63, 3.8) is 0 Å². The predicted octanol–water partition coefficient (Wildman–Crippen LogP) is 3.02. The summed E-state index contributed by atoms with van der Waals surface area (Å²) in [4.78, 5) is 23.0. The van der Waals surface area contributed by atoms with E-state index in [0.717, 1.165) is 5.75 Å². The molecule has 1 saturated heterocycles. The number of carbonyl (C=O) groups is 2. The minimum Gasteiger partial charge on any atom is -0.494 e. The molecule has 0 spiro atoms. The monoisotopic (exact) mass is 296 g/mol.